The molecule has 1 aromatic carbocycles. The smallest absolute Gasteiger partial charge is 0.371 e. The van der Waals surface area contributed by atoms with Gasteiger partial charge in [0.25, 0.3) is 0 Å². The van der Waals surface area contributed by atoms with Crippen LogP contribution in [0.1, 0.15) is 0 Å². The summed E-state index contributed by atoms with van der Waals surface area (Å²) in [5.41, 5.74) is 0. The molecule has 0 fully saturated rings. The van der Waals surface area contributed by atoms with Gasteiger partial charge in [-0.05, 0) is 12.1 Å². The molecule has 4 nitrogen and oxygen atoms in total. The molecule has 1 rings (SSSR count). The minimum atomic E-state index is -3.56. The molecule has 0 saturated carbocycles. The van der Waals surface area contributed by atoms with Crippen LogP contribution in [0.15, 0.2) is 30.3 Å². The van der Waals surface area contributed by atoms with Crippen molar-refractivity contribution in [2.24, 2.45) is 0 Å². The summed E-state index contributed by atoms with van der Waals surface area (Å²) >= 11 is 0. The standard InChI is InChI=1S/C6H9NO3SSi/c8-11(9,7-12)10-6-4-2-1-3-5-6/h1-5,7H,12H3. The normalized spacial score (nSPS) is 11.3. The maximum absolute atomic E-state index is 10.9. The second-order valence-electron chi connectivity index (χ2n) is 2.05. The van der Waals surface area contributed by atoms with Crippen molar-refractivity contribution in [1.29, 1.82) is 0 Å². The van der Waals surface area contributed by atoms with Crippen LogP contribution in [-0.2, 0) is 10.3 Å². The average molecular weight is 203 g/mol. The van der Waals surface area contributed by atoms with E-state index in [2.05, 4.69) is 8.57 Å². The number of para-hydroxylation sites is 1. The van der Waals surface area contributed by atoms with Gasteiger partial charge in [-0.2, -0.15) is 8.42 Å². The number of nitrogens with one attached hydrogen (secondary N) is 1. The topological polar surface area (TPSA) is 55.4 Å². The van der Waals surface area contributed by atoms with E-state index in [4.69, 9.17) is 0 Å². The van der Waals surface area contributed by atoms with Crippen LogP contribution in [0.2, 0.25) is 0 Å². The fourth-order valence-corrected chi connectivity index (χ4v) is 1.34. The van der Waals surface area contributed by atoms with E-state index < -0.39 is 10.3 Å². The quantitative estimate of drug-likeness (QED) is 0.653. The van der Waals surface area contributed by atoms with E-state index in [0.29, 0.717) is 16.2 Å². The molecular formula is C6H9NO3SSi. The van der Waals surface area contributed by atoms with Gasteiger partial charge in [0.05, 0.1) is 10.4 Å². The summed E-state index contributed by atoms with van der Waals surface area (Å²) in [6, 6.07) is 8.36. The molecule has 0 spiro atoms. The van der Waals surface area contributed by atoms with Gasteiger partial charge < -0.3 is 4.18 Å². The number of hydrogen-bond acceptors (Lipinski definition) is 3. The van der Waals surface area contributed by atoms with Crippen molar-refractivity contribution in [3.8, 4) is 5.75 Å². The molecule has 0 bridgehead atoms. The van der Waals surface area contributed by atoms with Gasteiger partial charge in [0.2, 0.25) is 0 Å². The van der Waals surface area contributed by atoms with Crippen molar-refractivity contribution in [3.05, 3.63) is 30.3 Å². The number of hydrogen-bond donors (Lipinski definition) is 1. The Kier molecular flexibility index (Phi) is 2.85. The minimum Gasteiger partial charge on any atom is -0.371 e. The minimum absolute atomic E-state index is 0.320. The van der Waals surface area contributed by atoms with E-state index in [1.807, 2.05) is 0 Å². The molecule has 0 saturated heterocycles. The zero-order chi connectivity index (χ0) is 9.03. The van der Waals surface area contributed by atoms with Crippen LogP contribution in [0.25, 0.3) is 0 Å². The van der Waals surface area contributed by atoms with Gasteiger partial charge in [-0.25, -0.2) is 4.39 Å². The molecule has 66 valence electrons. The Hall–Kier alpha value is -0.853. The van der Waals surface area contributed by atoms with Gasteiger partial charge in [0, 0.05) is 0 Å². The lowest BCUT2D eigenvalue weighted by Gasteiger charge is -2.03. The molecule has 6 heteroatoms. The third kappa shape index (κ3) is 2.65. The van der Waals surface area contributed by atoms with Gasteiger partial charge >= 0.3 is 10.3 Å². The van der Waals surface area contributed by atoms with Crippen LogP contribution in [0.5, 0.6) is 5.75 Å². The van der Waals surface area contributed by atoms with Gasteiger partial charge in [0.15, 0.2) is 0 Å². The average Bonchev–Trinajstić information content (AvgIpc) is 2.06. The Bertz CT molecular complexity index is 337. The highest BCUT2D eigenvalue weighted by molar-refractivity contribution is 7.86. The zero-order valence-corrected chi connectivity index (χ0v) is 9.34. The molecule has 0 aliphatic carbocycles. The van der Waals surface area contributed by atoms with Crippen LogP contribution in [0, 0.1) is 0 Å². The molecule has 12 heavy (non-hydrogen) atoms. The van der Waals surface area contributed by atoms with Gasteiger partial charge in [0.1, 0.15) is 5.75 Å². The lowest BCUT2D eigenvalue weighted by atomic mass is 10.3. The van der Waals surface area contributed by atoms with Crippen molar-refractivity contribution in [2.75, 3.05) is 0 Å². The molecule has 0 radical (unpaired) electrons. The largest absolute Gasteiger partial charge is 0.375 e. The first-order valence-electron chi connectivity index (χ1n) is 3.32. The summed E-state index contributed by atoms with van der Waals surface area (Å²) in [5.74, 6) is 0.320. The highest BCUT2D eigenvalue weighted by Crippen LogP contribution is 2.09. The fourth-order valence-electron chi connectivity index (χ4n) is 0.644. The summed E-state index contributed by atoms with van der Waals surface area (Å²) in [6.45, 7) is 0. The Morgan fingerprint density at radius 2 is 1.83 bits per heavy atom. The highest BCUT2D eigenvalue weighted by atomic mass is 32.2. The summed E-state index contributed by atoms with van der Waals surface area (Å²) in [5, 5.41) is 0. The molecule has 1 aromatic rings. The van der Waals surface area contributed by atoms with Gasteiger partial charge in [-0.3, -0.25) is 0 Å². The predicted octanol–water partition coefficient (Wildman–Crippen LogP) is -0.820. The molecular weight excluding hydrogens is 194 g/mol. The van der Waals surface area contributed by atoms with Crippen molar-refractivity contribution in [3.63, 3.8) is 0 Å². The third-order valence-corrected chi connectivity index (χ3v) is 3.61. The predicted molar refractivity (Wildman–Crippen MR) is 49.1 cm³/mol. The zero-order valence-electron chi connectivity index (χ0n) is 6.52. The van der Waals surface area contributed by atoms with Crippen LogP contribution in [0.3, 0.4) is 0 Å². The molecule has 0 aliphatic heterocycles. The fraction of sp³-hybridized carbons (Fsp3) is 0. The molecule has 0 amide bonds. The van der Waals surface area contributed by atoms with Crippen molar-refractivity contribution in [2.45, 2.75) is 0 Å². The van der Waals surface area contributed by atoms with Crippen molar-refractivity contribution >= 4 is 20.7 Å². The summed E-state index contributed by atoms with van der Waals surface area (Å²) in [7, 11) is -3.22. The van der Waals surface area contributed by atoms with Gasteiger partial charge in [-0.1, -0.05) is 18.2 Å². The molecule has 0 atom stereocenters. The summed E-state index contributed by atoms with van der Waals surface area (Å²) in [6.07, 6.45) is 0. The summed E-state index contributed by atoms with van der Waals surface area (Å²) < 4.78 is 28.6. The summed E-state index contributed by atoms with van der Waals surface area (Å²) in [4.78, 5) is 0. The van der Waals surface area contributed by atoms with Crippen LogP contribution >= 0.6 is 0 Å². The van der Waals surface area contributed by atoms with E-state index in [1.54, 1.807) is 30.3 Å². The van der Waals surface area contributed by atoms with Crippen molar-refractivity contribution < 1.29 is 12.6 Å². The molecule has 1 N–H and O–H groups in total. The number of benzene rings is 1. The lowest BCUT2D eigenvalue weighted by Crippen LogP contribution is -2.25. The van der Waals surface area contributed by atoms with E-state index in [0.717, 1.165) is 0 Å². The van der Waals surface area contributed by atoms with Crippen LogP contribution in [0.4, 0.5) is 0 Å². The number of rotatable bonds is 3. The highest BCUT2D eigenvalue weighted by Gasteiger charge is 2.06. The first-order chi connectivity index (χ1) is 5.64. The SMILES string of the molecule is O=S(=O)(N[SiH3])Oc1ccccc1. The third-order valence-electron chi connectivity index (χ3n) is 1.20. The van der Waals surface area contributed by atoms with E-state index in [9.17, 15) is 8.42 Å². The maximum atomic E-state index is 10.9. The Morgan fingerprint density at radius 3 is 2.33 bits per heavy atom. The second-order valence-corrected chi connectivity index (χ2v) is 4.76. The molecule has 0 aromatic heterocycles. The lowest BCUT2D eigenvalue weighted by molar-refractivity contribution is 0.483. The van der Waals surface area contributed by atoms with Crippen LogP contribution < -0.4 is 8.57 Å². The monoisotopic (exact) mass is 203 g/mol. The van der Waals surface area contributed by atoms with E-state index in [-0.39, 0.29) is 0 Å². The first-order valence-corrected chi connectivity index (χ1v) is 5.73. The first kappa shape index (κ1) is 9.24. The van der Waals surface area contributed by atoms with Crippen molar-refractivity contribution in [1.82, 2.24) is 4.39 Å². The Balaban J connectivity index is 2.78. The Morgan fingerprint density at radius 1 is 1.25 bits per heavy atom. The van der Waals surface area contributed by atoms with E-state index >= 15 is 0 Å². The Labute approximate surface area is 74.3 Å². The van der Waals surface area contributed by atoms with Gasteiger partial charge in [-0.15, -0.1) is 0 Å². The van der Waals surface area contributed by atoms with Crippen LogP contribution in [-0.4, -0.2) is 18.8 Å². The molecule has 0 unspecified atom stereocenters. The van der Waals surface area contributed by atoms with E-state index in [1.165, 1.54) is 0 Å². The molecule has 0 aliphatic rings. The second kappa shape index (κ2) is 3.70. The molecule has 0 heterocycles. The maximum Gasteiger partial charge on any atom is 0.375 e.